The van der Waals surface area contributed by atoms with Crippen molar-refractivity contribution >= 4 is 18.0 Å². The summed E-state index contributed by atoms with van der Waals surface area (Å²) < 4.78 is 15.3. The van der Waals surface area contributed by atoms with Gasteiger partial charge in [0.1, 0.15) is 5.60 Å². The first-order valence-electron chi connectivity index (χ1n) is 8.00. The van der Waals surface area contributed by atoms with Crippen molar-refractivity contribution in [3.63, 3.8) is 0 Å². The maximum Gasteiger partial charge on any atom is 0.410 e. The summed E-state index contributed by atoms with van der Waals surface area (Å²) in [7, 11) is 0. The zero-order valence-corrected chi connectivity index (χ0v) is 14.6. The molecule has 0 aromatic rings. The highest BCUT2D eigenvalue weighted by Crippen LogP contribution is 2.28. The van der Waals surface area contributed by atoms with E-state index < -0.39 is 29.6 Å². The van der Waals surface area contributed by atoms with Gasteiger partial charge in [-0.3, -0.25) is 9.59 Å². The molecule has 1 aliphatic heterocycles. The Morgan fingerprint density at radius 2 is 1.61 bits per heavy atom. The Morgan fingerprint density at radius 3 is 2.04 bits per heavy atom. The van der Waals surface area contributed by atoms with Gasteiger partial charge >= 0.3 is 18.0 Å². The van der Waals surface area contributed by atoms with Crippen molar-refractivity contribution in [1.82, 2.24) is 4.90 Å². The fourth-order valence-corrected chi connectivity index (χ4v) is 2.50. The third-order valence-corrected chi connectivity index (χ3v) is 3.43. The van der Waals surface area contributed by atoms with Crippen LogP contribution >= 0.6 is 0 Å². The van der Waals surface area contributed by atoms with Crippen LogP contribution in [0.25, 0.3) is 0 Å². The van der Waals surface area contributed by atoms with E-state index in [1.165, 1.54) is 4.90 Å². The fourth-order valence-electron chi connectivity index (χ4n) is 2.50. The molecule has 1 fully saturated rings. The molecule has 1 atom stereocenters. The minimum Gasteiger partial charge on any atom is -0.465 e. The second kappa shape index (κ2) is 8.17. The lowest BCUT2D eigenvalue weighted by Crippen LogP contribution is -2.38. The summed E-state index contributed by atoms with van der Waals surface area (Å²) in [5, 5.41) is 0. The summed E-state index contributed by atoms with van der Waals surface area (Å²) in [5.41, 5.74) is -0.586. The van der Waals surface area contributed by atoms with Gasteiger partial charge in [0, 0.05) is 19.0 Å². The third kappa shape index (κ3) is 5.73. The van der Waals surface area contributed by atoms with Crippen molar-refractivity contribution in [2.75, 3.05) is 26.3 Å². The predicted octanol–water partition coefficient (Wildman–Crippen LogP) is 1.99. The van der Waals surface area contributed by atoms with Gasteiger partial charge in [-0.2, -0.15) is 0 Å². The Bertz CT molecular complexity index is 424. The number of esters is 2. The first kappa shape index (κ1) is 19.3. The molecule has 23 heavy (non-hydrogen) atoms. The number of hydrogen-bond acceptors (Lipinski definition) is 6. The number of hydrogen-bond donors (Lipinski definition) is 0. The van der Waals surface area contributed by atoms with Gasteiger partial charge in [-0.05, 0) is 41.0 Å². The topological polar surface area (TPSA) is 82.1 Å². The highest BCUT2D eigenvalue weighted by atomic mass is 16.6. The van der Waals surface area contributed by atoms with Crippen molar-refractivity contribution in [2.45, 2.75) is 46.6 Å². The average Bonchev–Trinajstić information content (AvgIpc) is 2.87. The second-order valence-electron chi connectivity index (χ2n) is 6.46. The lowest BCUT2D eigenvalue weighted by Gasteiger charge is -2.25. The standard InChI is InChI=1S/C16H27NO6/c1-6-21-13(18)12(14(19)22-7-2)11-8-9-17(10-11)15(20)23-16(3,4)5/h11-12H,6-10H2,1-5H3/t11-/m0/s1. The van der Waals surface area contributed by atoms with Gasteiger partial charge in [0.05, 0.1) is 13.2 Å². The number of carbonyl (C=O) groups is 3. The van der Waals surface area contributed by atoms with E-state index in [-0.39, 0.29) is 25.7 Å². The SMILES string of the molecule is CCOC(=O)C(C(=O)OCC)[C@H]1CCN(C(=O)OC(C)(C)C)C1. The Kier molecular flexibility index (Phi) is 6.84. The van der Waals surface area contributed by atoms with Crippen LogP contribution in [0.15, 0.2) is 0 Å². The van der Waals surface area contributed by atoms with E-state index in [0.717, 1.165) is 0 Å². The van der Waals surface area contributed by atoms with Crippen LogP contribution in [0.3, 0.4) is 0 Å². The monoisotopic (exact) mass is 329 g/mol. The Hall–Kier alpha value is -1.79. The van der Waals surface area contributed by atoms with E-state index >= 15 is 0 Å². The lowest BCUT2D eigenvalue weighted by atomic mass is 9.91. The number of likely N-dealkylation sites (tertiary alicyclic amines) is 1. The Labute approximate surface area is 137 Å². The van der Waals surface area contributed by atoms with Gasteiger partial charge in [-0.15, -0.1) is 0 Å². The number of amides is 1. The maximum atomic E-state index is 12.1. The smallest absolute Gasteiger partial charge is 0.410 e. The molecule has 1 amide bonds. The molecule has 7 heteroatoms. The molecule has 1 rings (SSSR count). The van der Waals surface area contributed by atoms with Crippen molar-refractivity contribution in [1.29, 1.82) is 0 Å². The summed E-state index contributed by atoms with van der Waals surface area (Å²) in [5.74, 6) is -2.51. The first-order valence-corrected chi connectivity index (χ1v) is 8.00. The molecule has 0 spiro atoms. The van der Waals surface area contributed by atoms with Gasteiger partial charge in [0.2, 0.25) is 0 Å². The zero-order valence-electron chi connectivity index (χ0n) is 14.6. The summed E-state index contributed by atoms with van der Waals surface area (Å²) in [4.78, 5) is 37.8. The van der Waals surface area contributed by atoms with E-state index in [2.05, 4.69) is 0 Å². The van der Waals surface area contributed by atoms with Crippen molar-refractivity contribution < 1.29 is 28.6 Å². The van der Waals surface area contributed by atoms with Gasteiger partial charge in [-0.1, -0.05) is 0 Å². The quantitative estimate of drug-likeness (QED) is 0.436. The second-order valence-corrected chi connectivity index (χ2v) is 6.46. The summed E-state index contributed by atoms with van der Waals surface area (Å²) >= 11 is 0. The average molecular weight is 329 g/mol. The molecule has 1 aliphatic rings. The minimum absolute atomic E-state index is 0.192. The normalized spacial score (nSPS) is 18.0. The van der Waals surface area contributed by atoms with Crippen molar-refractivity contribution in [2.24, 2.45) is 11.8 Å². The Morgan fingerprint density at radius 1 is 1.09 bits per heavy atom. The molecule has 0 saturated carbocycles. The van der Waals surface area contributed by atoms with E-state index in [4.69, 9.17) is 14.2 Å². The van der Waals surface area contributed by atoms with Crippen LogP contribution in [0.5, 0.6) is 0 Å². The van der Waals surface area contributed by atoms with E-state index in [0.29, 0.717) is 13.0 Å². The highest BCUT2D eigenvalue weighted by molar-refractivity contribution is 5.95. The molecule has 132 valence electrons. The minimum atomic E-state index is -0.998. The molecule has 0 aliphatic carbocycles. The van der Waals surface area contributed by atoms with Gasteiger partial charge < -0.3 is 19.1 Å². The molecular formula is C16H27NO6. The van der Waals surface area contributed by atoms with Crippen molar-refractivity contribution in [3.05, 3.63) is 0 Å². The van der Waals surface area contributed by atoms with Crippen LogP contribution in [0.2, 0.25) is 0 Å². The summed E-state index contributed by atoms with van der Waals surface area (Å²) in [6, 6.07) is 0. The molecule has 0 aromatic carbocycles. The molecule has 0 N–H and O–H groups in total. The molecule has 0 radical (unpaired) electrons. The maximum absolute atomic E-state index is 12.1. The van der Waals surface area contributed by atoms with Crippen LogP contribution in [0, 0.1) is 11.8 Å². The van der Waals surface area contributed by atoms with E-state index in [1.807, 2.05) is 0 Å². The predicted molar refractivity (Wildman–Crippen MR) is 82.7 cm³/mol. The largest absolute Gasteiger partial charge is 0.465 e. The van der Waals surface area contributed by atoms with Crippen LogP contribution in [0.4, 0.5) is 4.79 Å². The number of rotatable bonds is 5. The fraction of sp³-hybridized carbons (Fsp3) is 0.812. The van der Waals surface area contributed by atoms with Gasteiger partial charge in [-0.25, -0.2) is 4.79 Å². The molecular weight excluding hydrogens is 302 g/mol. The van der Waals surface area contributed by atoms with Crippen LogP contribution in [-0.4, -0.2) is 54.8 Å². The van der Waals surface area contributed by atoms with Gasteiger partial charge in [0.25, 0.3) is 0 Å². The first-order chi connectivity index (χ1) is 10.7. The summed E-state index contributed by atoms with van der Waals surface area (Å²) in [6.07, 6.45) is 0.0908. The van der Waals surface area contributed by atoms with Crippen molar-refractivity contribution in [3.8, 4) is 0 Å². The lowest BCUT2D eigenvalue weighted by molar-refractivity contribution is -0.164. The van der Waals surface area contributed by atoms with Gasteiger partial charge in [0.15, 0.2) is 5.92 Å². The van der Waals surface area contributed by atoms with Crippen LogP contribution in [-0.2, 0) is 23.8 Å². The van der Waals surface area contributed by atoms with E-state index in [9.17, 15) is 14.4 Å². The summed E-state index contributed by atoms with van der Waals surface area (Å²) in [6.45, 7) is 9.83. The number of nitrogens with zero attached hydrogens (tertiary/aromatic N) is 1. The molecule has 1 saturated heterocycles. The number of carbonyl (C=O) groups excluding carboxylic acids is 3. The Balaban J connectivity index is 2.76. The van der Waals surface area contributed by atoms with Crippen LogP contribution < -0.4 is 0 Å². The van der Waals surface area contributed by atoms with E-state index in [1.54, 1.807) is 34.6 Å². The zero-order chi connectivity index (χ0) is 17.6. The molecule has 0 aromatic heterocycles. The third-order valence-electron chi connectivity index (χ3n) is 3.43. The molecule has 0 unspecified atom stereocenters. The number of ether oxygens (including phenoxy) is 3. The molecule has 7 nitrogen and oxygen atoms in total. The molecule has 1 heterocycles. The highest BCUT2D eigenvalue weighted by Gasteiger charge is 2.42. The van der Waals surface area contributed by atoms with Crippen LogP contribution in [0.1, 0.15) is 41.0 Å². The molecule has 0 bridgehead atoms.